The Morgan fingerprint density at radius 3 is 1.76 bits per heavy atom. The van der Waals surface area contributed by atoms with E-state index in [0.29, 0.717) is 28.9 Å². The van der Waals surface area contributed by atoms with E-state index in [2.05, 4.69) is 0 Å². The van der Waals surface area contributed by atoms with Crippen LogP contribution in [0.2, 0.25) is 0 Å². The molecule has 7 nitrogen and oxygen atoms in total. The van der Waals surface area contributed by atoms with E-state index in [0.717, 1.165) is 5.56 Å². The molecule has 0 heterocycles. The van der Waals surface area contributed by atoms with Crippen LogP contribution in [-0.4, -0.2) is 43.8 Å². The third-order valence-corrected chi connectivity index (χ3v) is 5.87. The molecule has 29 heavy (non-hydrogen) atoms. The topological polar surface area (TPSA) is 97.6 Å². The van der Waals surface area contributed by atoms with E-state index in [9.17, 15) is 15.3 Å². The van der Waals surface area contributed by atoms with Gasteiger partial charge in [-0.1, -0.05) is 13.8 Å². The van der Waals surface area contributed by atoms with Gasteiger partial charge in [0.05, 0.1) is 34.5 Å². The van der Waals surface area contributed by atoms with Crippen LogP contribution >= 0.6 is 0 Å². The van der Waals surface area contributed by atoms with Crippen molar-refractivity contribution in [3.63, 3.8) is 0 Å². The SMILES string of the molecule is COc1c(O)cc2c(c1OC)-c1c(cc(O)c(OC)c1OC)[C@@H](O)[C@@H](C)[C@@H](C)C2. The van der Waals surface area contributed by atoms with Crippen LogP contribution < -0.4 is 18.9 Å². The fourth-order valence-electron chi connectivity index (χ4n) is 4.16. The van der Waals surface area contributed by atoms with Gasteiger partial charge in [0.25, 0.3) is 0 Å². The number of aromatic hydroxyl groups is 2. The number of fused-ring (bicyclic) bond motifs is 3. The Bertz CT molecular complexity index is 922. The first-order chi connectivity index (χ1) is 13.8. The van der Waals surface area contributed by atoms with E-state index < -0.39 is 6.10 Å². The molecule has 0 saturated heterocycles. The zero-order valence-electron chi connectivity index (χ0n) is 17.6. The minimum atomic E-state index is -0.858. The van der Waals surface area contributed by atoms with Crippen molar-refractivity contribution in [2.45, 2.75) is 26.4 Å². The largest absolute Gasteiger partial charge is 0.504 e. The van der Waals surface area contributed by atoms with E-state index in [-0.39, 0.29) is 40.6 Å². The molecule has 0 aliphatic heterocycles. The molecule has 2 aromatic carbocycles. The first kappa shape index (κ1) is 20.9. The van der Waals surface area contributed by atoms with Gasteiger partial charge in [-0.05, 0) is 41.5 Å². The maximum atomic E-state index is 11.2. The van der Waals surface area contributed by atoms with E-state index in [4.69, 9.17) is 18.9 Å². The van der Waals surface area contributed by atoms with Gasteiger partial charge in [0, 0.05) is 11.1 Å². The van der Waals surface area contributed by atoms with Crippen LogP contribution in [0.3, 0.4) is 0 Å². The maximum absolute atomic E-state index is 11.2. The van der Waals surface area contributed by atoms with E-state index in [1.54, 1.807) is 6.07 Å². The Balaban J connectivity index is 2.55. The van der Waals surface area contributed by atoms with Crippen molar-refractivity contribution in [1.82, 2.24) is 0 Å². The lowest BCUT2D eigenvalue weighted by Gasteiger charge is -2.33. The molecule has 0 spiro atoms. The highest BCUT2D eigenvalue weighted by Crippen LogP contribution is 2.56. The second kappa shape index (κ2) is 7.91. The minimum absolute atomic E-state index is 0.0321. The monoisotopic (exact) mass is 404 g/mol. The smallest absolute Gasteiger partial charge is 0.203 e. The summed E-state index contributed by atoms with van der Waals surface area (Å²) >= 11 is 0. The Morgan fingerprint density at radius 2 is 1.24 bits per heavy atom. The lowest BCUT2D eigenvalue weighted by atomic mass is 9.76. The highest BCUT2D eigenvalue weighted by atomic mass is 16.5. The lowest BCUT2D eigenvalue weighted by molar-refractivity contribution is 0.0862. The Labute approximate surface area is 170 Å². The number of rotatable bonds is 4. The number of hydrogen-bond donors (Lipinski definition) is 3. The normalized spacial score (nSPS) is 20.7. The summed E-state index contributed by atoms with van der Waals surface area (Å²) in [4.78, 5) is 0. The zero-order valence-corrected chi connectivity index (χ0v) is 17.6. The van der Waals surface area contributed by atoms with E-state index in [1.807, 2.05) is 13.8 Å². The van der Waals surface area contributed by atoms with Gasteiger partial charge in [-0.2, -0.15) is 0 Å². The van der Waals surface area contributed by atoms with E-state index >= 15 is 0 Å². The molecule has 1 aliphatic rings. The highest BCUT2D eigenvalue weighted by Gasteiger charge is 2.36. The molecule has 3 atom stereocenters. The zero-order chi connectivity index (χ0) is 21.5. The predicted molar refractivity (Wildman–Crippen MR) is 108 cm³/mol. The van der Waals surface area contributed by atoms with Crippen molar-refractivity contribution >= 4 is 0 Å². The summed E-state index contributed by atoms with van der Waals surface area (Å²) in [6, 6.07) is 3.15. The molecule has 3 N–H and O–H groups in total. The van der Waals surface area contributed by atoms with Crippen molar-refractivity contribution in [3.05, 3.63) is 23.3 Å². The average Bonchev–Trinajstić information content (AvgIpc) is 2.70. The molecule has 0 fully saturated rings. The van der Waals surface area contributed by atoms with Crippen LogP contribution in [0.15, 0.2) is 12.1 Å². The Hall–Kier alpha value is -2.80. The van der Waals surface area contributed by atoms with Gasteiger partial charge in [0.15, 0.2) is 23.0 Å². The molecule has 158 valence electrons. The summed E-state index contributed by atoms with van der Waals surface area (Å²) in [5, 5.41) is 32.2. The number of aliphatic hydroxyl groups excluding tert-OH is 1. The molecule has 0 bridgehead atoms. The summed E-state index contributed by atoms with van der Waals surface area (Å²) in [5.41, 5.74) is 2.48. The van der Waals surface area contributed by atoms with E-state index in [1.165, 1.54) is 34.5 Å². The summed E-state index contributed by atoms with van der Waals surface area (Å²) in [5.74, 6) is 0.740. The second-order valence-electron chi connectivity index (χ2n) is 7.41. The Morgan fingerprint density at radius 1 is 0.759 bits per heavy atom. The highest BCUT2D eigenvalue weighted by molar-refractivity contribution is 5.88. The van der Waals surface area contributed by atoms with Crippen molar-refractivity contribution in [2.75, 3.05) is 28.4 Å². The number of ether oxygens (including phenoxy) is 4. The number of benzene rings is 2. The summed E-state index contributed by atoms with van der Waals surface area (Å²) in [7, 11) is 5.84. The number of phenols is 2. The van der Waals surface area contributed by atoms with Crippen LogP contribution in [0.25, 0.3) is 11.1 Å². The van der Waals surface area contributed by atoms with Crippen molar-refractivity contribution < 1.29 is 34.3 Å². The van der Waals surface area contributed by atoms with Gasteiger partial charge < -0.3 is 34.3 Å². The van der Waals surface area contributed by atoms with Crippen molar-refractivity contribution in [1.29, 1.82) is 0 Å². The molecule has 2 aromatic rings. The molecule has 1 aliphatic carbocycles. The lowest BCUT2D eigenvalue weighted by Crippen LogP contribution is -2.22. The van der Waals surface area contributed by atoms with Crippen LogP contribution in [0, 0.1) is 11.8 Å². The van der Waals surface area contributed by atoms with Crippen molar-refractivity contribution in [3.8, 4) is 45.6 Å². The standard InChI is InChI=1S/C22H28O7/c1-10-7-12-8-14(23)19(26-3)21(28-5)16(12)17-13(18(25)11(10)2)9-15(24)20(27-4)22(17)29-6/h8-11,18,23-25H,7H2,1-6H3/t10-,11-,18-/m0/s1. The van der Waals surface area contributed by atoms with Crippen molar-refractivity contribution in [2.24, 2.45) is 11.8 Å². The number of phenolic OH excluding ortho intramolecular Hbond substituents is 2. The van der Waals surface area contributed by atoms with Gasteiger partial charge in [0.2, 0.25) is 11.5 Å². The predicted octanol–water partition coefficient (Wildman–Crippen LogP) is 3.66. The van der Waals surface area contributed by atoms with Gasteiger partial charge in [-0.25, -0.2) is 0 Å². The second-order valence-corrected chi connectivity index (χ2v) is 7.41. The fraction of sp³-hybridized carbons (Fsp3) is 0.455. The number of hydrogen-bond acceptors (Lipinski definition) is 7. The number of aliphatic hydroxyl groups is 1. The molecule has 0 aromatic heterocycles. The van der Waals surface area contributed by atoms with Crippen LogP contribution in [0.4, 0.5) is 0 Å². The molecule has 0 amide bonds. The average molecular weight is 404 g/mol. The summed E-state index contributed by atoms with van der Waals surface area (Å²) < 4.78 is 22.0. The first-order valence-electron chi connectivity index (χ1n) is 9.43. The molecule has 0 radical (unpaired) electrons. The third kappa shape index (κ3) is 3.19. The van der Waals surface area contributed by atoms with Crippen LogP contribution in [-0.2, 0) is 6.42 Å². The van der Waals surface area contributed by atoms with Gasteiger partial charge in [-0.3, -0.25) is 0 Å². The molecule has 0 saturated carbocycles. The molecule has 0 unspecified atom stereocenters. The minimum Gasteiger partial charge on any atom is -0.504 e. The molecule has 3 rings (SSSR count). The molecule has 7 heteroatoms. The maximum Gasteiger partial charge on any atom is 0.203 e. The van der Waals surface area contributed by atoms with Crippen LogP contribution in [0.1, 0.15) is 31.1 Å². The van der Waals surface area contributed by atoms with Gasteiger partial charge in [0.1, 0.15) is 0 Å². The quantitative estimate of drug-likeness (QED) is 0.715. The first-order valence-corrected chi connectivity index (χ1v) is 9.43. The fourth-order valence-corrected chi connectivity index (χ4v) is 4.16. The van der Waals surface area contributed by atoms with Gasteiger partial charge in [-0.15, -0.1) is 0 Å². The third-order valence-electron chi connectivity index (χ3n) is 5.87. The summed E-state index contributed by atoms with van der Waals surface area (Å²) in [6.45, 7) is 4.00. The summed E-state index contributed by atoms with van der Waals surface area (Å²) in [6.07, 6.45) is -0.267. The molecular weight excluding hydrogens is 376 g/mol. The van der Waals surface area contributed by atoms with Gasteiger partial charge >= 0.3 is 0 Å². The Kier molecular flexibility index (Phi) is 5.71. The van der Waals surface area contributed by atoms with Crippen LogP contribution in [0.5, 0.6) is 34.5 Å². The molecular formula is C22H28O7. The number of methoxy groups -OCH3 is 4.